The average molecular weight is 683 g/mol. The van der Waals surface area contributed by atoms with Crippen LogP contribution in [0.1, 0.15) is 54.4 Å². The molecule has 1 amide bonds. The van der Waals surface area contributed by atoms with Gasteiger partial charge in [-0.25, -0.2) is 27.9 Å². The fourth-order valence-corrected chi connectivity index (χ4v) is 4.82. The van der Waals surface area contributed by atoms with Crippen LogP contribution in [0.5, 0.6) is 0 Å². The van der Waals surface area contributed by atoms with Gasteiger partial charge in [-0.15, -0.1) is 0 Å². The lowest BCUT2D eigenvalue weighted by atomic mass is 10.1. The van der Waals surface area contributed by atoms with E-state index in [1.165, 1.54) is 24.5 Å². The molecule has 1 aromatic heterocycles. The predicted octanol–water partition coefficient (Wildman–Crippen LogP) is 1.70. The summed E-state index contributed by atoms with van der Waals surface area (Å²) in [6, 6.07) is 6.34. The molecular weight excluding hydrogens is 640 g/mol. The van der Waals surface area contributed by atoms with E-state index < -0.39 is 27.9 Å². The number of carboxylic acids is 2. The van der Waals surface area contributed by atoms with E-state index in [2.05, 4.69) is 20.0 Å². The Morgan fingerprint density at radius 1 is 0.702 bits per heavy atom. The quantitative estimate of drug-likeness (QED) is 0.0983. The number of nitrogens with zero attached hydrogens (tertiary/aromatic N) is 2. The SMILES string of the molecule is O=C(O)CCCCCc1ccc(S(=O)(=O)Nc2ncc(C(=O)NCCOCCOCC(=O)CCCOCCOCC(=O)O)cn2)cc1. The fourth-order valence-electron chi connectivity index (χ4n) is 3.86. The Labute approximate surface area is 273 Å². The summed E-state index contributed by atoms with van der Waals surface area (Å²) in [5.41, 5.74) is 1.06. The molecule has 260 valence electrons. The van der Waals surface area contributed by atoms with Crippen LogP contribution in [0.3, 0.4) is 0 Å². The molecule has 0 aliphatic rings. The molecule has 16 nitrogen and oxygen atoms in total. The van der Waals surface area contributed by atoms with Gasteiger partial charge in [0.25, 0.3) is 15.9 Å². The predicted molar refractivity (Wildman–Crippen MR) is 167 cm³/mol. The Morgan fingerprint density at radius 2 is 1.34 bits per heavy atom. The summed E-state index contributed by atoms with van der Waals surface area (Å²) < 4.78 is 48.4. The van der Waals surface area contributed by atoms with Crippen molar-refractivity contribution in [3.63, 3.8) is 0 Å². The van der Waals surface area contributed by atoms with Gasteiger partial charge in [-0.05, 0) is 43.4 Å². The summed E-state index contributed by atoms with van der Waals surface area (Å²) in [6.07, 6.45) is 6.20. The van der Waals surface area contributed by atoms with E-state index in [-0.39, 0.29) is 87.8 Å². The second kappa shape index (κ2) is 22.5. The first-order valence-corrected chi connectivity index (χ1v) is 16.5. The van der Waals surface area contributed by atoms with Crippen LogP contribution < -0.4 is 10.0 Å². The number of aryl methyl sites for hydroxylation is 1. The molecule has 17 heteroatoms. The first-order valence-electron chi connectivity index (χ1n) is 15.0. The molecule has 1 heterocycles. The molecular formula is C30H42N4O12S. The van der Waals surface area contributed by atoms with Crippen LogP contribution in [0.4, 0.5) is 5.95 Å². The van der Waals surface area contributed by atoms with Crippen LogP contribution in [0.15, 0.2) is 41.6 Å². The van der Waals surface area contributed by atoms with Gasteiger partial charge in [0.05, 0.1) is 43.5 Å². The average Bonchev–Trinajstić information content (AvgIpc) is 3.03. The largest absolute Gasteiger partial charge is 0.481 e. The zero-order valence-corrected chi connectivity index (χ0v) is 26.9. The van der Waals surface area contributed by atoms with Crippen LogP contribution >= 0.6 is 0 Å². The number of aliphatic carboxylic acids is 2. The van der Waals surface area contributed by atoms with Gasteiger partial charge in [0.1, 0.15) is 13.2 Å². The summed E-state index contributed by atoms with van der Waals surface area (Å²) in [5, 5.41) is 19.8. The maximum atomic E-state index is 12.7. The first kappa shape index (κ1) is 39.1. The van der Waals surface area contributed by atoms with Gasteiger partial charge in [0.2, 0.25) is 5.95 Å². The van der Waals surface area contributed by atoms with E-state index in [4.69, 9.17) is 29.2 Å². The highest BCUT2D eigenvalue weighted by Gasteiger charge is 2.16. The number of unbranched alkanes of at least 4 members (excludes halogenated alkanes) is 2. The monoisotopic (exact) mass is 682 g/mol. The second-order valence-corrected chi connectivity index (χ2v) is 11.8. The van der Waals surface area contributed by atoms with Crippen LogP contribution in [0, 0.1) is 0 Å². The number of hydrogen-bond donors (Lipinski definition) is 4. The molecule has 0 fully saturated rings. The van der Waals surface area contributed by atoms with Crippen LogP contribution in [-0.2, 0) is 49.8 Å². The molecule has 0 aliphatic heterocycles. The molecule has 0 unspecified atom stereocenters. The number of Topliss-reactive ketones (excluding diaryl/α,β-unsaturated/α-hetero) is 1. The van der Waals surface area contributed by atoms with Gasteiger partial charge < -0.3 is 34.5 Å². The second-order valence-electron chi connectivity index (χ2n) is 10.1. The molecule has 2 aromatic rings. The molecule has 0 aliphatic carbocycles. The molecule has 0 saturated heterocycles. The van der Waals surface area contributed by atoms with Crippen molar-refractivity contribution in [1.29, 1.82) is 0 Å². The Kier molecular flexibility index (Phi) is 18.7. The standard InChI is InChI=1S/C30H42N4O12S/c35-25(6-4-13-43-15-18-46-22-28(38)39)21-45-17-16-44-14-12-31-29(40)24-19-32-30(33-20-24)34-47(41,42)26-10-8-23(9-11-26)5-2-1-3-7-27(36)37/h8-11,19-20H,1-7,12-18,21-22H2,(H,31,40)(H,36,37)(H,38,39)(H,32,33,34). The number of rotatable bonds is 27. The third-order valence-electron chi connectivity index (χ3n) is 6.24. The first-order chi connectivity index (χ1) is 22.6. The highest BCUT2D eigenvalue weighted by atomic mass is 32.2. The normalized spacial score (nSPS) is 11.2. The summed E-state index contributed by atoms with van der Waals surface area (Å²) in [7, 11) is -3.95. The highest BCUT2D eigenvalue weighted by Crippen LogP contribution is 2.16. The van der Waals surface area contributed by atoms with Crippen LogP contribution in [-0.4, -0.2) is 112 Å². The summed E-state index contributed by atoms with van der Waals surface area (Å²) >= 11 is 0. The van der Waals surface area contributed by atoms with E-state index in [9.17, 15) is 27.6 Å². The van der Waals surface area contributed by atoms with Crippen LogP contribution in [0.2, 0.25) is 0 Å². The third kappa shape index (κ3) is 18.0. The lowest BCUT2D eigenvalue weighted by Crippen LogP contribution is -2.28. The van der Waals surface area contributed by atoms with Crippen molar-refractivity contribution >= 4 is 39.6 Å². The number of hydrogen-bond acceptors (Lipinski definition) is 12. The van der Waals surface area contributed by atoms with Crippen molar-refractivity contribution in [2.75, 3.05) is 64.1 Å². The smallest absolute Gasteiger partial charge is 0.329 e. The van der Waals surface area contributed by atoms with E-state index >= 15 is 0 Å². The number of ether oxygens (including phenoxy) is 4. The van der Waals surface area contributed by atoms with Crippen molar-refractivity contribution in [3.05, 3.63) is 47.8 Å². The molecule has 4 N–H and O–H groups in total. The molecule has 0 bridgehead atoms. The number of carboxylic acid groups (broad SMARTS) is 2. The zero-order valence-electron chi connectivity index (χ0n) is 26.1. The van der Waals surface area contributed by atoms with Crippen molar-refractivity contribution < 1.29 is 56.8 Å². The number of anilines is 1. The number of aromatic nitrogens is 2. The van der Waals surface area contributed by atoms with Gasteiger partial charge in [-0.3, -0.25) is 14.4 Å². The van der Waals surface area contributed by atoms with E-state index in [1.807, 2.05) is 0 Å². The number of carbonyl (C=O) groups excluding carboxylic acids is 2. The lowest BCUT2D eigenvalue weighted by molar-refractivity contribution is -0.142. The maximum absolute atomic E-state index is 12.7. The fraction of sp³-hybridized carbons (Fsp3) is 0.533. The molecule has 0 atom stereocenters. The Morgan fingerprint density at radius 3 is 2.00 bits per heavy atom. The minimum atomic E-state index is -3.95. The highest BCUT2D eigenvalue weighted by molar-refractivity contribution is 7.92. The van der Waals surface area contributed by atoms with E-state index in [0.717, 1.165) is 18.4 Å². The van der Waals surface area contributed by atoms with E-state index in [1.54, 1.807) is 12.1 Å². The number of benzene rings is 1. The number of amides is 1. The summed E-state index contributed by atoms with van der Waals surface area (Å²) in [6.45, 7) is 1.13. The number of carbonyl (C=O) groups is 4. The summed E-state index contributed by atoms with van der Waals surface area (Å²) in [5.74, 6) is -2.62. The van der Waals surface area contributed by atoms with Crippen molar-refractivity contribution in [3.8, 4) is 0 Å². The van der Waals surface area contributed by atoms with Gasteiger partial charge in [-0.1, -0.05) is 18.6 Å². The number of ketones is 1. The van der Waals surface area contributed by atoms with Crippen molar-refractivity contribution in [2.45, 2.75) is 49.8 Å². The maximum Gasteiger partial charge on any atom is 0.329 e. The van der Waals surface area contributed by atoms with Crippen LogP contribution in [0.25, 0.3) is 0 Å². The number of nitrogens with one attached hydrogen (secondary N) is 2. The lowest BCUT2D eigenvalue weighted by Gasteiger charge is -2.09. The molecule has 2 rings (SSSR count). The van der Waals surface area contributed by atoms with Gasteiger partial charge in [-0.2, -0.15) is 0 Å². The Balaban J connectivity index is 1.55. The summed E-state index contributed by atoms with van der Waals surface area (Å²) in [4.78, 5) is 52.9. The van der Waals surface area contributed by atoms with Gasteiger partial charge in [0, 0.05) is 38.4 Å². The number of sulfonamides is 1. The Hall–Kier alpha value is -4.03. The molecule has 0 radical (unpaired) electrons. The molecule has 0 spiro atoms. The molecule has 47 heavy (non-hydrogen) atoms. The van der Waals surface area contributed by atoms with Gasteiger partial charge in [0.15, 0.2) is 5.78 Å². The topological polar surface area (TPSA) is 230 Å². The minimum absolute atomic E-state index is 0.0237. The van der Waals surface area contributed by atoms with Crippen molar-refractivity contribution in [1.82, 2.24) is 15.3 Å². The third-order valence-corrected chi connectivity index (χ3v) is 7.58. The van der Waals surface area contributed by atoms with Crippen molar-refractivity contribution in [2.24, 2.45) is 0 Å². The molecule has 1 aromatic carbocycles. The zero-order chi connectivity index (χ0) is 34.3. The molecule has 0 saturated carbocycles. The van der Waals surface area contributed by atoms with E-state index in [0.29, 0.717) is 25.9 Å². The van der Waals surface area contributed by atoms with Gasteiger partial charge >= 0.3 is 11.9 Å². The minimum Gasteiger partial charge on any atom is -0.481 e. The Bertz CT molecular complexity index is 1360.